The molecule has 2 bridgehead atoms. The third-order valence-corrected chi connectivity index (χ3v) is 7.20. The van der Waals surface area contributed by atoms with Crippen LogP contribution < -0.4 is 16.0 Å². The summed E-state index contributed by atoms with van der Waals surface area (Å²) in [5.41, 5.74) is 7.79. The molecule has 31 heavy (non-hydrogen) atoms. The highest BCUT2D eigenvalue weighted by Gasteiger charge is 2.44. The molecule has 8 heteroatoms. The molecule has 5 rings (SSSR count). The molecular formula is C23H32N6O2. The van der Waals surface area contributed by atoms with E-state index in [4.69, 9.17) is 5.73 Å². The average molecular weight is 425 g/mol. The Morgan fingerprint density at radius 1 is 1.10 bits per heavy atom. The van der Waals surface area contributed by atoms with Gasteiger partial charge in [0.25, 0.3) is 0 Å². The molecule has 2 aromatic rings. The fourth-order valence-corrected chi connectivity index (χ4v) is 5.52. The lowest BCUT2D eigenvalue weighted by Gasteiger charge is -2.45. The van der Waals surface area contributed by atoms with Crippen LogP contribution in [-0.4, -0.2) is 75.7 Å². The van der Waals surface area contributed by atoms with Gasteiger partial charge in [0.05, 0.1) is 17.0 Å². The number of rotatable bonds is 4. The monoisotopic (exact) mass is 424 g/mol. The molecule has 0 spiro atoms. The molecule has 3 aliphatic rings. The van der Waals surface area contributed by atoms with Crippen molar-refractivity contribution in [1.29, 1.82) is 0 Å². The van der Waals surface area contributed by atoms with Gasteiger partial charge in [0.15, 0.2) is 5.82 Å². The number of anilines is 2. The highest BCUT2D eigenvalue weighted by atomic mass is 16.3. The minimum atomic E-state index is -0.595. The van der Waals surface area contributed by atoms with E-state index in [1.165, 1.54) is 0 Å². The number of piperazine rings is 1. The van der Waals surface area contributed by atoms with Gasteiger partial charge in [-0.1, -0.05) is 12.1 Å². The first kappa shape index (κ1) is 20.5. The van der Waals surface area contributed by atoms with E-state index < -0.39 is 5.60 Å². The number of aliphatic hydroxyl groups is 1. The maximum Gasteiger partial charge on any atom is 0.169 e. The molecule has 4 heterocycles. The van der Waals surface area contributed by atoms with E-state index in [0.29, 0.717) is 29.2 Å². The van der Waals surface area contributed by atoms with Crippen LogP contribution in [0.4, 0.5) is 11.5 Å². The third-order valence-electron chi connectivity index (χ3n) is 7.20. The van der Waals surface area contributed by atoms with E-state index >= 15 is 0 Å². The number of benzene rings is 1. The van der Waals surface area contributed by atoms with Gasteiger partial charge in [-0.3, -0.25) is 4.90 Å². The molecular weight excluding hydrogens is 392 g/mol. The number of nitrogens with zero attached hydrogens (tertiary/aromatic N) is 4. The van der Waals surface area contributed by atoms with Crippen molar-refractivity contribution < 1.29 is 10.2 Å². The molecule has 3 unspecified atom stereocenters. The Balaban J connectivity index is 1.35. The lowest BCUT2D eigenvalue weighted by Crippen LogP contribution is -2.58. The number of nitrogens with two attached hydrogens (primary N) is 1. The average Bonchev–Trinajstić information content (AvgIpc) is 2.93. The van der Waals surface area contributed by atoms with Crippen LogP contribution in [0.3, 0.4) is 0 Å². The van der Waals surface area contributed by atoms with E-state index in [1.54, 1.807) is 12.1 Å². The van der Waals surface area contributed by atoms with Crippen molar-refractivity contribution in [3.63, 3.8) is 0 Å². The molecule has 166 valence electrons. The molecule has 0 saturated carbocycles. The Hall–Kier alpha value is -2.42. The lowest BCUT2D eigenvalue weighted by atomic mass is 9.93. The van der Waals surface area contributed by atoms with Crippen molar-refractivity contribution in [2.24, 2.45) is 0 Å². The van der Waals surface area contributed by atoms with Gasteiger partial charge in [-0.2, -0.15) is 0 Å². The molecule has 1 aromatic carbocycles. The Kier molecular flexibility index (Phi) is 5.45. The smallest absolute Gasteiger partial charge is 0.169 e. The van der Waals surface area contributed by atoms with Gasteiger partial charge >= 0.3 is 0 Å². The van der Waals surface area contributed by atoms with Gasteiger partial charge in [-0.15, -0.1) is 10.2 Å². The second-order valence-corrected chi connectivity index (χ2v) is 9.31. The van der Waals surface area contributed by atoms with Crippen LogP contribution in [0.1, 0.15) is 32.1 Å². The van der Waals surface area contributed by atoms with Gasteiger partial charge in [-0.25, -0.2) is 0 Å². The van der Waals surface area contributed by atoms with E-state index in [2.05, 4.69) is 25.3 Å². The highest BCUT2D eigenvalue weighted by Crippen LogP contribution is 2.38. The van der Waals surface area contributed by atoms with Gasteiger partial charge in [0, 0.05) is 37.3 Å². The summed E-state index contributed by atoms with van der Waals surface area (Å²) in [6.07, 6.45) is 4.99. The summed E-state index contributed by atoms with van der Waals surface area (Å²) in [5, 5.41) is 33.3. The van der Waals surface area contributed by atoms with Crippen LogP contribution >= 0.6 is 0 Å². The summed E-state index contributed by atoms with van der Waals surface area (Å²) in [6, 6.07) is 9.90. The number of nitrogens with one attached hydrogen (secondary N) is 1. The molecule has 3 atom stereocenters. The summed E-state index contributed by atoms with van der Waals surface area (Å²) >= 11 is 0. The molecule has 0 aliphatic carbocycles. The molecule has 3 saturated heterocycles. The Labute approximate surface area is 183 Å². The second kappa shape index (κ2) is 8.26. The number of hydrogen-bond donors (Lipinski definition) is 4. The van der Waals surface area contributed by atoms with Crippen LogP contribution in [0.2, 0.25) is 0 Å². The van der Waals surface area contributed by atoms with Gasteiger partial charge in [0.2, 0.25) is 0 Å². The van der Waals surface area contributed by atoms with Crippen LogP contribution in [-0.2, 0) is 0 Å². The Bertz CT molecular complexity index is 916. The van der Waals surface area contributed by atoms with Crippen molar-refractivity contribution >= 4 is 11.5 Å². The second-order valence-electron chi connectivity index (χ2n) is 9.31. The summed E-state index contributed by atoms with van der Waals surface area (Å²) < 4.78 is 0. The molecule has 3 fully saturated rings. The van der Waals surface area contributed by atoms with Crippen LogP contribution in [0.25, 0.3) is 11.3 Å². The van der Waals surface area contributed by atoms with Gasteiger partial charge in [0.1, 0.15) is 5.75 Å². The van der Waals surface area contributed by atoms with E-state index in [1.807, 2.05) is 18.2 Å². The predicted molar refractivity (Wildman–Crippen MR) is 121 cm³/mol. The van der Waals surface area contributed by atoms with E-state index in [-0.39, 0.29) is 5.75 Å². The van der Waals surface area contributed by atoms with Gasteiger partial charge < -0.3 is 26.2 Å². The van der Waals surface area contributed by atoms with Crippen LogP contribution in [0.15, 0.2) is 30.3 Å². The normalized spacial score (nSPS) is 29.1. The van der Waals surface area contributed by atoms with Crippen LogP contribution in [0, 0.1) is 0 Å². The summed E-state index contributed by atoms with van der Waals surface area (Å²) in [4.78, 5) is 4.85. The van der Waals surface area contributed by atoms with Gasteiger partial charge in [-0.05, 0) is 63.4 Å². The topological polar surface area (TPSA) is 111 Å². The number of phenolic OH excluding ortho intramolecular Hbond substituents is 1. The zero-order chi connectivity index (χ0) is 21.4. The minimum absolute atomic E-state index is 0.184. The largest absolute Gasteiger partial charge is 0.507 e. The van der Waals surface area contributed by atoms with Crippen molar-refractivity contribution in [2.75, 3.05) is 43.4 Å². The maximum absolute atomic E-state index is 11.2. The summed E-state index contributed by atoms with van der Waals surface area (Å²) in [5.74, 6) is 0.601. The standard InChI is InChI=1S/C23H32N6O2/c24-22-20(12-19(26-27-22)18-4-1-2-5-21(18)30)28-13-16-6-7-17(14-28)29(16)15-23(31)8-3-10-25-11-9-23/h1-2,4-5,12,16-17,25,30-31H,3,6-11,13-15H2,(H2,24,27). The molecule has 0 amide bonds. The maximum atomic E-state index is 11.2. The van der Waals surface area contributed by atoms with Crippen molar-refractivity contribution in [3.8, 4) is 17.0 Å². The summed E-state index contributed by atoms with van der Waals surface area (Å²) in [7, 11) is 0. The lowest BCUT2D eigenvalue weighted by molar-refractivity contribution is -0.0231. The van der Waals surface area contributed by atoms with E-state index in [0.717, 1.165) is 70.5 Å². The zero-order valence-corrected chi connectivity index (χ0v) is 17.9. The van der Waals surface area contributed by atoms with Crippen molar-refractivity contribution in [1.82, 2.24) is 20.4 Å². The quantitative estimate of drug-likeness (QED) is 0.586. The van der Waals surface area contributed by atoms with E-state index in [9.17, 15) is 10.2 Å². The third kappa shape index (κ3) is 4.07. The number of fused-ring (bicyclic) bond motifs is 2. The summed E-state index contributed by atoms with van der Waals surface area (Å²) in [6.45, 7) is 4.36. The fraction of sp³-hybridized carbons (Fsp3) is 0.565. The Morgan fingerprint density at radius 2 is 1.87 bits per heavy atom. The molecule has 0 radical (unpaired) electrons. The first-order chi connectivity index (χ1) is 15.0. The highest BCUT2D eigenvalue weighted by molar-refractivity contribution is 5.74. The first-order valence-electron chi connectivity index (χ1n) is 11.4. The number of phenols is 1. The SMILES string of the molecule is Nc1nnc(-c2ccccc2O)cc1N1CC2CCC(C1)N2CC1(O)CCCNCC1. The van der Waals surface area contributed by atoms with Crippen molar-refractivity contribution in [3.05, 3.63) is 30.3 Å². The molecule has 8 nitrogen and oxygen atoms in total. The fourth-order valence-electron chi connectivity index (χ4n) is 5.52. The Morgan fingerprint density at radius 3 is 2.65 bits per heavy atom. The number of nitrogen functional groups attached to an aromatic ring is 1. The predicted octanol–water partition coefficient (Wildman–Crippen LogP) is 1.59. The number of para-hydroxylation sites is 1. The number of aromatic hydroxyl groups is 1. The van der Waals surface area contributed by atoms with Crippen LogP contribution in [0.5, 0.6) is 5.75 Å². The molecule has 3 aliphatic heterocycles. The zero-order valence-electron chi connectivity index (χ0n) is 17.9. The van der Waals surface area contributed by atoms with Crippen molar-refractivity contribution in [2.45, 2.75) is 49.8 Å². The molecule has 5 N–H and O–H groups in total. The number of aromatic nitrogens is 2. The number of hydrogen-bond acceptors (Lipinski definition) is 8. The first-order valence-corrected chi connectivity index (χ1v) is 11.4. The molecule has 1 aromatic heterocycles. The minimum Gasteiger partial charge on any atom is -0.507 e.